The SMILES string of the molecule is COC(=O)c1ncnnc1Nc1nc2c(C3=CCCCC3)c(-c3ccccc3)nn2c(OC)c1-c1ccc(OC)cc1. The zero-order valence-electron chi connectivity index (χ0n) is 23.5. The Morgan fingerprint density at radius 1 is 0.905 bits per heavy atom. The quantitative estimate of drug-likeness (QED) is 0.233. The molecule has 3 heterocycles. The molecule has 0 atom stereocenters. The number of fused-ring (bicyclic) bond motifs is 1. The van der Waals surface area contributed by atoms with E-state index in [1.54, 1.807) is 18.7 Å². The normalized spacial score (nSPS) is 13.0. The van der Waals surface area contributed by atoms with E-state index in [9.17, 15) is 4.79 Å². The summed E-state index contributed by atoms with van der Waals surface area (Å²) in [5.41, 5.74) is 5.86. The fourth-order valence-corrected chi connectivity index (χ4v) is 5.20. The molecule has 42 heavy (non-hydrogen) atoms. The minimum atomic E-state index is -0.657. The van der Waals surface area contributed by atoms with Crippen molar-refractivity contribution < 1.29 is 19.0 Å². The van der Waals surface area contributed by atoms with Gasteiger partial charge in [0.1, 0.15) is 23.6 Å². The maximum atomic E-state index is 12.5. The topological polar surface area (TPSA) is 126 Å². The Hall–Kier alpha value is -5.32. The number of benzene rings is 2. The van der Waals surface area contributed by atoms with E-state index in [4.69, 9.17) is 24.3 Å². The van der Waals surface area contributed by atoms with Gasteiger partial charge in [-0.25, -0.2) is 14.8 Å². The van der Waals surface area contributed by atoms with Gasteiger partial charge < -0.3 is 19.5 Å². The summed E-state index contributed by atoms with van der Waals surface area (Å²) < 4.78 is 18.1. The van der Waals surface area contributed by atoms with Crippen molar-refractivity contribution in [2.75, 3.05) is 26.6 Å². The first-order valence-corrected chi connectivity index (χ1v) is 13.6. The minimum Gasteiger partial charge on any atom is -0.497 e. The van der Waals surface area contributed by atoms with Crippen molar-refractivity contribution in [1.82, 2.24) is 29.8 Å². The molecule has 0 saturated carbocycles. The van der Waals surface area contributed by atoms with Gasteiger partial charge in [-0.05, 0) is 49.0 Å². The number of hydrogen-bond acceptors (Lipinski definition) is 10. The van der Waals surface area contributed by atoms with E-state index in [0.29, 0.717) is 28.7 Å². The molecule has 0 aliphatic heterocycles. The summed E-state index contributed by atoms with van der Waals surface area (Å²) in [6, 6.07) is 17.6. The summed E-state index contributed by atoms with van der Waals surface area (Å²) in [6.45, 7) is 0. The van der Waals surface area contributed by atoms with Crippen LogP contribution in [-0.4, -0.2) is 57.1 Å². The third-order valence-corrected chi connectivity index (χ3v) is 7.19. The van der Waals surface area contributed by atoms with Crippen LogP contribution in [0.15, 0.2) is 67.0 Å². The number of rotatable bonds is 8. The summed E-state index contributed by atoms with van der Waals surface area (Å²) in [5, 5.41) is 16.3. The van der Waals surface area contributed by atoms with Crippen LogP contribution in [0.4, 0.5) is 11.6 Å². The highest BCUT2D eigenvalue weighted by Crippen LogP contribution is 2.43. The van der Waals surface area contributed by atoms with Gasteiger partial charge in [0.15, 0.2) is 17.2 Å². The number of esters is 1. The van der Waals surface area contributed by atoms with Crippen molar-refractivity contribution in [2.24, 2.45) is 0 Å². The van der Waals surface area contributed by atoms with Crippen molar-refractivity contribution in [2.45, 2.75) is 25.7 Å². The first kappa shape index (κ1) is 26.9. The van der Waals surface area contributed by atoms with Crippen LogP contribution in [0, 0.1) is 0 Å². The van der Waals surface area contributed by atoms with Gasteiger partial charge in [-0.15, -0.1) is 10.2 Å². The van der Waals surface area contributed by atoms with Gasteiger partial charge >= 0.3 is 5.97 Å². The Morgan fingerprint density at radius 2 is 1.71 bits per heavy atom. The lowest BCUT2D eigenvalue weighted by molar-refractivity contribution is 0.0594. The van der Waals surface area contributed by atoms with Gasteiger partial charge in [0, 0.05) is 5.56 Å². The van der Waals surface area contributed by atoms with Crippen LogP contribution in [0.25, 0.3) is 33.6 Å². The fourth-order valence-electron chi connectivity index (χ4n) is 5.20. The van der Waals surface area contributed by atoms with Gasteiger partial charge in [0.2, 0.25) is 5.88 Å². The second-order valence-corrected chi connectivity index (χ2v) is 9.65. The largest absolute Gasteiger partial charge is 0.497 e. The van der Waals surface area contributed by atoms with Crippen LogP contribution in [-0.2, 0) is 4.74 Å². The maximum absolute atomic E-state index is 12.5. The first-order chi connectivity index (χ1) is 20.6. The molecule has 1 N–H and O–H groups in total. The molecule has 11 heteroatoms. The number of aromatic nitrogens is 6. The lowest BCUT2D eigenvalue weighted by Gasteiger charge is -2.17. The van der Waals surface area contributed by atoms with Gasteiger partial charge in [-0.2, -0.15) is 9.61 Å². The summed E-state index contributed by atoms with van der Waals surface area (Å²) in [6.07, 6.45) is 7.58. The molecule has 11 nitrogen and oxygen atoms in total. The molecule has 1 aliphatic rings. The van der Waals surface area contributed by atoms with E-state index < -0.39 is 5.97 Å². The number of methoxy groups -OCH3 is 3. The lowest BCUT2D eigenvalue weighted by atomic mass is 9.92. The molecular formula is C31H29N7O4. The second-order valence-electron chi connectivity index (χ2n) is 9.65. The number of nitrogens with zero attached hydrogens (tertiary/aromatic N) is 6. The smallest absolute Gasteiger partial charge is 0.360 e. The molecule has 0 saturated heterocycles. The number of nitrogens with one attached hydrogen (secondary N) is 1. The average Bonchev–Trinajstić information content (AvgIpc) is 3.44. The van der Waals surface area contributed by atoms with E-state index in [0.717, 1.165) is 48.1 Å². The summed E-state index contributed by atoms with van der Waals surface area (Å²) in [4.78, 5) is 21.8. The Balaban J connectivity index is 1.67. The van der Waals surface area contributed by atoms with Crippen LogP contribution < -0.4 is 14.8 Å². The molecule has 0 bridgehead atoms. The summed E-state index contributed by atoms with van der Waals surface area (Å²) >= 11 is 0. The zero-order chi connectivity index (χ0) is 29.1. The van der Waals surface area contributed by atoms with E-state index in [-0.39, 0.29) is 11.5 Å². The number of allylic oxidation sites excluding steroid dienone is 2. The molecule has 5 aromatic rings. The third kappa shape index (κ3) is 4.89. The highest BCUT2D eigenvalue weighted by atomic mass is 16.5. The molecule has 0 spiro atoms. The Kier molecular flexibility index (Phi) is 7.46. The molecule has 2 aromatic carbocycles. The van der Waals surface area contributed by atoms with Crippen molar-refractivity contribution in [3.63, 3.8) is 0 Å². The number of ether oxygens (including phenoxy) is 3. The lowest BCUT2D eigenvalue weighted by Crippen LogP contribution is -2.13. The molecule has 0 amide bonds. The van der Waals surface area contributed by atoms with Crippen LogP contribution >= 0.6 is 0 Å². The number of hydrogen-bond donors (Lipinski definition) is 1. The maximum Gasteiger partial charge on any atom is 0.360 e. The Morgan fingerprint density at radius 3 is 2.40 bits per heavy atom. The predicted octanol–water partition coefficient (Wildman–Crippen LogP) is 5.75. The van der Waals surface area contributed by atoms with Crippen LogP contribution in [0.1, 0.15) is 41.7 Å². The summed E-state index contributed by atoms with van der Waals surface area (Å²) in [7, 11) is 4.49. The van der Waals surface area contributed by atoms with Crippen LogP contribution in [0.5, 0.6) is 11.6 Å². The minimum absolute atomic E-state index is 0.0254. The number of anilines is 2. The second kappa shape index (κ2) is 11.7. The highest BCUT2D eigenvalue weighted by Gasteiger charge is 2.28. The van der Waals surface area contributed by atoms with Crippen LogP contribution in [0.2, 0.25) is 0 Å². The molecular weight excluding hydrogens is 534 g/mol. The van der Waals surface area contributed by atoms with Gasteiger partial charge in [-0.1, -0.05) is 48.5 Å². The molecule has 212 valence electrons. The molecule has 0 fully saturated rings. The van der Waals surface area contributed by atoms with Crippen LogP contribution in [0.3, 0.4) is 0 Å². The number of carbonyl (C=O) groups excluding carboxylic acids is 1. The standard InChI is InChI=1S/C31H29N7O4/c1-40-22-16-14-20(15-17-22)24-27(34-28-26(31(39)42-3)32-18-33-36-28)35-29-23(19-10-6-4-7-11-19)25(21-12-8-5-9-13-21)37-38(29)30(24)41-2/h5,8-10,12-18H,4,6-7,11H2,1-3H3,(H,34,35,36). The Labute approximate surface area is 242 Å². The molecule has 3 aromatic heterocycles. The van der Waals surface area contributed by atoms with Crippen molar-refractivity contribution in [3.8, 4) is 34.0 Å². The Bertz CT molecular complexity index is 1780. The van der Waals surface area contributed by atoms with Crippen molar-refractivity contribution >= 4 is 28.8 Å². The van der Waals surface area contributed by atoms with E-state index in [1.807, 2.05) is 54.6 Å². The molecule has 1 aliphatic carbocycles. The monoisotopic (exact) mass is 563 g/mol. The third-order valence-electron chi connectivity index (χ3n) is 7.19. The van der Waals surface area contributed by atoms with Crippen molar-refractivity contribution in [1.29, 1.82) is 0 Å². The molecule has 0 unspecified atom stereocenters. The van der Waals surface area contributed by atoms with E-state index in [1.165, 1.54) is 19.0 Å². The van der Waals surface area contributed by atoms with Gasteiger partial charge in [0.25, 0.3) is 0 Å². The van der Waals surface area contributed by atoms with E-state index >= 15 is 0 Å². The average molecular weight is 564 g/mol. The summed E-state index contributed by atoms with van der Waals surface area (Å²) in [5.74, 6) is 0.969. The molecule has 0 radical (unpaired) electrons. The first-order valence-electron chi connectivity index (χ1n) is 13.6. The fraction of sp³-hybridized carbons (Fsp3) is 0.226. The zero-order valence-corrected chi connectivity index (χ0v) is 23.5. The van der Waals surface area contributed by atoms with Gasteiger partial charge in [-0.3, -0.25) is 0 Å². The predicted molar refractivity (Wildman–Crippen MR) is 158 cm³/mol. The van der Waals surface area contributed by atoms with Gasteiger partial charge in [0.05, 0.1) is 32.5 Å². The molecule has 6 rings (SSSR count). The number of carbonyl (C=O) groups is 1. The van der Waals surface area contributed by atoms with E-state index in [2.05, 4.69) is 26.6 Å². The highest BCUT2D eigenvalue weighted by molar-refractivity contribution is 5.95. The van der Waals surface area contributed by atoms with Crippen molar-refractivity contribution in [3.05, 3.63) is 78.3 Å².